The van der Waals surface area contributed by atoms with Gasteiger partial charge in [-0.2, -0.15) is 0 Å². The molecule has 1 nitrogen and oxygen atoms in total. The first-order valence-corrected chi connectivity index (χ1v) is 7.58. The van der Waals surface area contributed by atoms with E-state index in [1.54, 1.807) is 5.56 Å². The molecule has 1 saturated heterocycles. The van der Waals surface area contributed by atoms with Gasteiger partial charge in [-0.1, -0.05) is 44.5 Å². The fraction of sp³-hybridized carbons (Fsp3) is 0.647. The lowest BCUT2D eigenvalue weighted by molar-refractivity contribution is 0.276. The third kappa shape index (κ3) is 1.89. The summed E-state index contributed by atoms with van der Waals surface area (Å²) in [5, 5.41) is 3.79. The summed E-state index contributed by atoms with van der Waals surface area (Å²) in [5.41, 5.74) is 3.34. The monoisotopic (exact) mass is 243 g/mol. The molecular formula is C17H25N. The summed E-state index contributed by atoms with van der Waals surface area (Å²) < 4.78 is 0. The number of nitrogens with one attached hydrogen (secondary N) is 1. The zero-order valence-corrected chi connectivity index (χ0v) is 11.7. The molecule has 0 amide bonds. The highest BCUT2D eigenvalue weighted by Gasteiger charge is 2.38. The van der Waals surface area contributed by atoms with Crippen LogP contribution in [0.4, 0.5) is 0 Å². The summed E-state index contributed by atoms with van der Waals surface area (Å²) in [6.07, 6.45) is 6.81. The minimum atomic E-state index is 0.236. The Hall–Kier alpha value is -0.820. The van der Waals surface area contributed by atoms with Gasteiger partial charge in [-0.15, -0.1) is 0 Å². The maximum Gasteiger partial charge on any atom is 0.0458 e. The smallest absolute Gasteiger partial charge is 0.0458 e. The number of hydrogen-bond acceptors (Lipinski definition) is 1. The van der Waals surface area contributed by atoms with Crippen molar-refractivity contribution in [2.75, 3.05) is 6.54 Å². The Balaban J connectivity index is 1.94. The van der Waals surface area contributed by atoms with Crippen molar-refractivity contribution in [1.82, 2.24) is 5.32 Å². The maximum atomic E-state index is 3.79. The molecule has 1 aliphatic carbocycles. The quantitative estimate of drug-likeness (QED) is 0.839. The minimum absolute atomic E-state index is 0.236. The van der Waals surface area contributed by atoms with Crippen molar-refractivity contribution in [3.63, 3.8) is 0 Å². The van der Waals surface area contributed by atoms with Gasteiger partial charge in [-0.05, 0) is 55.2 Å². The van der Waals surface area contributed by atoms with Gasteiger partial charge >= 0.3 is 0 Å². The third-order valence-corrected chi connectivity index (χ3v) is 5.15. The highest BCUT2D eigenvalue weighted by Crippen LogP contribution is 2.41. The Bertz CT molecular complexity index is 411. The molecule has 1 aromatic carbocycles. The van der Waals surface area contributed by atoms with Crippen LogP contribution in [0.1, 0.15) is 63.0 Å². The number of hydrogen-bond donors (Lipinski definition) is 1. The fourth-order valence-corrected chi connectivity index (χ4v) is 3.65. The van der Waals surface area contributed by atoms with Gasteiger partial charge in [0, 0.05) is 5.54 Å². The second kappa shape index (κ2) is 4.70. The SMILES string of the molecule is CC(C)C1(c2cccc(C3CCC3)c2)CCCN1. The largest absolute Gasteiger partial charge is 0.307 e. The molecule has 0 aromatic heterocycles. The van der Waals surface area contributed by atoms with Gasteiger partial charge in [-0.25, -0.2) is 0 Å². The van der Waals surface area contributed by atoms with Crippen molar-refractivity contribution in [3.05, 3.63) is 35.4 Å². The standard InChI is InChI=1S/C17H25N/c1-13(2)17(10-5-11-18-17)16-9-4-8-15(12-16)14-6-3-7-14/h4,8-9,12-14,18H,3,5-7,10-11H2,1-2H3. The summed E-state index contributed by atoms with van der Waals surface area (Å²) in [6.45, 7) is 5.88. The summed E-state index contributed by atoms with van der Waals surface area (Å²) in [6, 6.07) is 9.42. The zero-order chi connectivity index (χ0) is 12.6. The van der Waals surface area contributed by atoms with E-state index in [0.29, 0.717) is 5.92 Å². The lowest BCUT2D eigenvalue weighted by Crippen LogP contribution is -2.41. The molecule has 2 fully saturated rings. The van der Waals surface area contributed by atoms with Crippen LogP contribution in [0.3, 0.4) is 0 Å². The highest BCUT2D eigenvalue weighted by molar-refractivity contribution is 5.33. The third-order valence-electron chi connectivity index (χ3n) is 5.15. The van der Waals surface area contributed by atoms with Gasteiger partial charge in [0.15, 0.2) is 0 Å². The van der Waals surface area contributed by atoms with Crippen LogP contribution in [-0.4, -0.2) is 6.54 Å². The van der Waals surface area contributed by atoms with Gasteiger partial charge in [0.25, 0.3) is 0 Å². The van der Waals surface area contributed by atoms with Crippen LogP contribution in [-0.2, 0) is 5.54 Å². The van der Waals surface area contributed by atoms with E-state index in [-0.39, 0.29) is 5.54 Å². The van der Waals surface area contributed by atoms with E-state index in [1.165, 1.54) is 44.2 Å². The fourth-order valence-electron chi connectivity index (χ4n) is 3.65. The minimum Gasteiger partial charge on any atom is -0.307 e. The van der Waals surface area contributed by atoms with Crippen LogP contribution in [0.25, 0.3) is 0 Å². The summed E-state index contributed by atoms with van der Waals surface area (Å²) >= 11 is 0. The van der Waals surface area contributed by atoms with Crippen LogP contribution < -0.4 is 5.32 Å². The molecule has 3 rings (SSSR count). The van der Waals surface area contributed by atoms with Gasteiger partial charge in [0.05, 0.1) is 0 Å². The molecule has 1 N–H and O–H groups in total. The normalized spacial score (nSPS) is 28.6. The van der Waals surface area contributed by atoms with Gasteiger partial charge in [-0.3, -0.25) is 0 Å². The first-order valence-electron chi connectivity index (χ1n) is 7.58. The van der Waals surface area contributed by atoms with E-state index in [2.05, 4.69) is 43.4 Å². The van der Waals surface area contributed by atoms with E-state index >= 15 is 0 Å². The lowest BCUT2D eigenvalue weighted by Gasteiger charge is -2.36. The molecule has 0 bridgehead atoms. The second-order valence-electron chi connectivity index (χ2n) is 6.41. The summed E-state index contributed by atoms with van der Waals surface area (Å²) in [4.78, 5) is 0. The van der Waals surface area contributed by atoms with Crippen molar-refractivity contribution in [2.24, 2.45) is 5.92 Å². The number of benzene rings is 1. The molecule has 1 unspecified atom stereocenters. The molecule has 1 aliphatic heterocycles. The molecule has 0 radical (unpaired) electrons. The van der Waals surface area contributed by atoms with Crippen LogP contribution in [0.5, 0.6) is 0 Å². The molecule has 98 valence electrons. The van der Waals surface area contributed by atoms with E-state index in [9.17, 15) is 0 Å². The van der Waals surface area contributed by atoms with Crippen molar-refractivity contribution in [3.8, 4) is 0 Å². The van der Waals surface area contributed by atoms with Crippen molar-refractivity contribution in [2.45, 2.75) is 57.4 Å². The summed E-state index contributed by atoms with van der Waals surface area (Å²) in [7, 11) is 0. The van der Waals surface area contributed by atoms with E-state index in [1.807, 2.05) is 0 Å². The average Bonchev–Trinajstić information content (AvgIpc) is 2.77. The topological polar surface area (TPSA) is 12.0 Å². The van der Waals surface area contributed by atoms with E-state index in [0.717, 1.165) is 5.92 Å². The maximum absolute atomic E-state index is 3.79. The molecule has 0 spiro atoms. The molecule has 1 atom stereocenters. The molecular weight excluding hydrogens is 218 g/mol. The highest BCUT2D eigenvalue weighted by atomic mass is 15.0. The van der Waals surface area contributed by atoms with E-state index < -0.39 is 0 Å². The van der Waals surface area contributed by atoms with Crippen molar-refractivity contribution < 1.29 is 0 Å². The zero-order valence-electron chi connectivity index (χ0n) is 11.7. The Kier molecular flexibility index (Phi) is 3.19. The van der Waals surface area contributed by atoms with Crippen molar-refractivity contribution in [1.29, 1.82) is 0 Å². The molecule has 18 heavy (non-hydrogen) atoms. The predicted octanol–water partition coefficient (Wildman–Crippen LogP) is 4.19. The predicted molar refractivity (Wildman–Crippen MR) is 76.8 cm³/mol. The lowest BCUT2D eigenvalue weighted by atomic mass is 9.75. The molecule has 1 heterocycles. The Morgan fingerprint density at radius 1 is 1.22 bits per heavy atom. The van der Waals surface area contributed by atoms with Crippen LogP contribution in [0.2, 0.25) is 0 Å². The van der Waals surface area contributed by atoms with E-state index in [4.69, 9.17) is 0 Å². The molecule has 2 aliphatic rings. The first kappa shape index (κ1) is 12.2. The van der Waals surface area contributed by atoms with Crippen molar-refractivity contribution >= 4 is 0 Å². The Morgan fingerprint density at radius 2 is 2.06 bits per heavy atom. The second-order valence-corrected chi connectivity index (χ2v) is 6.41. The Morgan fingerprint density at radius 3 is 2.61 bits per heavy atom. The molecule has 1 heteroatoms. The first-order chi connectivity index (χ1) is 8.72. The van der Waals surface area contributed by atoms with Gasteiger partial charge < -0.3 is 5.32 Å². The Labute approximate surface area is 111 Å². The average molecular weight is 243 g/mol. The van der Waals surface area contributed by atoms with Gasteiger partial charge in [0.1, 0.15) is 0 Å². The summed E-state index contributed by atoms with van der Waals surface area (Å²) in [5.74, 6) is 1.51. The molecule has 1 aromatic rings. The molecule has 1 saturated carbocycles. The van der Waals surface area contributed by atoms with Gasteiger partial charge in [0.2, 0.25) is 0 Å². The number of rotatable bonds is 3. The van der Waals surface area contributed by atoms with Crippen LogP contribution in [0, 0.1) is 5.92 Å². The van der Waals surface area contributed by atoms with Crippen LogP contribution >= 0.6 is 0 Å². The van der Waals surface area contributed by atoms with Crippen LogP contribution in [0.15, 0.2) is 24.3 Å².